The van der Waals surface area contributed by atoms with Crippen LogP contribution in [0, 0.1) is 0 Å². The van der Waals surface area contributed by atoms with E-state index in [-0.39, 0.29) is 0 Å². The molecule has 13 heavy (non-hydrogen) atoms. The first-order chi connectivity index (χ1) is 6.20. The molecule has 0 saturated carbocycles. The molecular weight excluding hydrogens is 180 g/mol. The van der Waals surface area contributed by atoms with E-state index < -0.39 is 0 Å². The third kappa shape index (κ3) is 1.76. The molecule has 2 nitrogen and oxygen atoms in total. The van der Waals surface area contributed by atoms with Gasteiger partial charge in [0.2, 0.25) is 0 Å². The van der Waals surface area contributed by atoms with Crippen molar-refractivity contribution in [3.63, 3.8) is 0 Å². The predicted molar refractivity (Wildman–Crippen MR) is 58.7 cm³/mol. The maximum atomic E-state index is 3.51. The summed E-state index contributed by atoms with van der Waals surface area (Å²) < 4.78 is 0.310. The van der Waals surface area contributed by atoms with Crippen LogP contribution in [0.5, 0.6) is 0 Å². The van der Waals surface area contributed by atoms with Gasteiger partial charge in [-0.3, -0.25) is 5.32 Å². The lowest BCUT2D eigenvalue weighted by atomic mass is 9.99. The van der Waals surface area contributed by atoms with Gasteiger partial charge < -0.3 is 5.32 Å². The van der Waals surface area contributed by atoms with Gasteiger partial charge in [0.15, 0.2) is 0 Å². The average Bonchev–Trinajstić information content (AvgIpc) is 2.47. The van der Waals surface area contributed by atoms with Crippen LogP contribution in [-0.2, 0) is 0 Å². The van der Waals surface area contributed by atoms with E-state index in [0.717, 1.165) is 12.4 Å². The van der Waals surface area contributed by atoms with Crippen molar-refractivity contribution in [1.82, 2.24) is 10.6 Å². The van der Waals surface area contributed by atoms with E-state index in [0.29, 0.717) is 10.8 Å². The molecule has 2 rings (SSSR count). The highest BCUT2D eigenvalue weighted by molar-refractivity contribution is 8.00. The number of dihydropyridines is 1. The van der Waals surface area contributed by atoms with Gasteiger partial charge in [0.1, 0.15) is 0 Å². The van der Waals surface area contributed by atoms with Gasteiger partial charge in [0.25, 0.3) is 0 Å². The highest BCUT2D eigenvalue weighted by Gasteiger charge is 2.37. The highest BCUT2D eigenvalue weighted by Crippen LogP contribution is 2.35. The van der Waals surface area contributed by atoms with Gasteiger partial charge in [-0.25, -0.2) is 0 Å². The molecule has 0 aromatic rings. The second-order valence-electron chi connectivity index (χ2n) is 3.96. The largest absolute Gasteiger partial charge is 0.384 e. The minimum Gasteiger partial charge on any atom is -0.384 e. The first-order valence-electron chi connectivity index (χ1n) is 4.68. The van der Waals surface area contributed by atoms with Gasteiger partial charge >= 0.3 is 0 Å². The minimum atomic E-state index is 0.310. The average molecular weight is 196 g/mol. The summed E-state index contributed by atoms with van der Waals surface area (Å²) in [6, 6.07) is 0.474. The summed E-state index contributed by atoms with van der Waals surface area (Å²) in [5.41, 5.74) is 1.33. The molecule has 1 atom stereocenters. The maximum absolute atomic E-state index is 3.51. The van der Waals surface area contributed by atoms with Crippen molar-refractivity contribution in [3.05, 3.63) is 23.9 Å². The summed E-state index contributed by atoms with van der Waals surface area (Å²) in [5, 5.41) is 6.93. The first kappa shape index (κ1) is 9.16. The third-order valence-electron chi connectivity index (χ3n) is 2.57. The van der Waals surface area contributed by atoms with Crippen molar-refractivity contribution in [2.24, 2.45) is 0 Å². The monoisotopic (exact) mass is 196 g/mol. The molecule has 0 amide bonds. The lowest BCUT2D eigenvalue weighted by Gasteiger charge is -2.29. The standard InChI is InChI=1S/C10H16N2S/c1-10(2)9(12-7-13-10)8-5-3-4-6-11-8/h3-5,9,11-12H,6-7H2,1-2H3. The Kier molecular flexibility index (Phi) is 2.39. The molecule has 0 spiro atoms. The Morgan fingerprint density at radius 2 is 2.38 bits per heavy atom. The molecule has 1 fully saturated rings. The number of hydrogen-bond acceptors (Lipinski definition) is 3. The van der Waals surface area contributed by atoms with Crippen molar-refractivity contribution >= 4 is 11.8 Å². The van der Waals surface area contributed by atoms with Gasteiger partial charge in [0, 0.05) is 22.9 Å². The molecule has 2 heterocycles. The van der Waals surface area contributed by atoms with Crippen LogP contribution in [0.15, 0.2) is 23.9 Å². The van der Waals surface area contributed by atoms with E-state index in [2.05, 4.69) is 42.7 Å². The topological polar surface area (TPSA) is 24.1 Å². The smallest absolute Gasteiger partial charge is 0.0620 e. The Morgan fingerprint density at radius 3 is 2.92 bits per heavy atom. The minimum absolute atomic E-state index is 0.310. The molecule has 0 aromatic carbocycles. The predicted octanol–water partition coefficient (Wildman–Crippen LogP) is 1.47. The zero-order valence-electron chi connectivity index (χ0n) is 8.13. The number of thioether (sulfide) groups is 1. The Hall–Kier alpha value is -0.410. The molecule has 0 bridgehead atoms. The molecule has 1 saturated heterocycles. The molecule has 3 heteroatoms. The summed E-state index contributed by atoms with van der Waals surface area (Å²) in [4.78, 5) is 0. The van der Waals surface area contributed by atoms with Crippen LogP contribution in [0.1, 0.15) is 13.8 Å². The van der Waals surface area contributed by atoms with Crippen LogP contribution in [0.2, 0.25) is 0 Å². The molecule has 2 aliphatic heterocycles. The van der Waals surface area contributed by atoms with Crippen LogP contribution in [0.4, 0.5) is 0 Å². The fourth-order valence-electron chi connectivity index (χ4n) is 1.80. The van der Waals surface area contributed by atoms with E-state index >= 15 is 0 Å². The van der Waals surface area contributed by atoms with E-state index in [1.807, 2.05) is 11.8 Å². The van der Waals surface area contributed by atoms with Gasteiger partial charge in [0.05, 0.1) is 6.04 Å². The quantitative estimate of drug-likeness (QED) is 0.664. The molecule has 1 unspecified atom stereocenters. The SMILES string of the molecule is CC1(C)SCNC1C1=CC=CCN1. The van der Waals surface area contributed by atoms with Gasteiger partial charge in [-0.2, -0.15) is 0 Å². The van der Waals surface area contributed by atoms with Crippen LogP contribution < -0.4 is 10.6 Å². The zero-order valence-corrected chi connectivity index (χ0v) is 8.95. The summed E-state index contributed by atoms with van der Waals surface area (Å²) in [7, 11) is 0. The molecule has 2 aliphatic rings. The summed E-state index contributed by atoms with van der Waals surface area (Å²) >= 11 is 1.99. The fraction of sp³-hybridized carbons (Fsp3) is 0.600. The summed E-state index contributed by atoms with van der Waals surface area (Å²) in [6.07, 6.45) is 6.44. The molecular formula is C10H16N2S. The van der Waals surface area contributed by atoms with Gasteiger partial charge in [-0.1, -0.05) is 12.2 Å². The second kappa shape index (κ2) is 3.39. The van der Waals surface area contributed by atoms with Crippen LogP contribution in [0.3, 0.4) is 0 Å². The number of nitrogens with one attached hydrogen (secondary N) is 2. The van der Waals surface area contributed by atoms with E-state index in [9.17, 15) is 0 Å². The van der Waals surface area contributed by atoms with Crippen LogP contribution >= 0.6 is 11.8 Å². The van der Waals surface area contributed by atoms with Crippen molar-refractivity contribution in [3.8, 4) is 0 Å². The Labute approximate surface area is 83.9 Å². The number of rotatable bonds is 1. The van der Waals surface area contributed by atoms with Gasteiger partial charge in [-0.05, 0) is 19.9 Å². The number of allylic oxidation sites excluding steroid dienone is 2. The lowest BCUT2D eigenvalue weighted by molar-refractivity contribution is 0.516. The summed E-state index contributed by atoms with van der Waals surface area (Å²) in [6.45, 7) is 5.55. The van der Waals surface area contributed by atoms with Crippen molar-refractivity contribution in [2.75, 3.05) is 12.4 Å². The molecule has 0 radical (unpaired) electrons. The molecule has 0 aromatic heterocycles. The van der Waals surface area contributed by atoms with Crippen molar-refractivity contribution in [2.45, 2.75) is 24.6 Å². The number of hydrogen-bond donors (Lipinski definition) is 2. The molecule has 0 aliphatic carbocycles. The zero-order chi connectivity index (χ0) is 9.31. The third-order valence-corrected chi connectivity index (χ3v) is 3.86. The normalized spacial score (nSPS) is 31.2. The second-order valence-corrected chi connectivity index (χ2v) is 5.59. The van der Waals surface area contributed by atoms with E-state index in [1.165, 1.54) is 5.70 Å². The fourth-order valence-corrected chi connectivity index (χ4v) is 2.80. The Balaban J connectivity index is 2.16. The van der Waals surface area contributed by atoms with E-state index in [4.69, 9.17) is 0 Å². The van der Waals surface area contributed by atoms with Crippen molar-refractivity contribution < 1.29 is 0 Å². The maximum Gasteiger partial charge on any atom is 0.0620 e. The molecule has 72 valence electrons. The first-order valence-corrected chi connectivity index (χ1v) is 5.67. The highest BCUT2D eigenvalue weighted by atomic mass is 32.2. The van der Waals surface area contributed by atoms with Crippen molar-refractivity contribution in [1.29, 1.82) is 0 Å². The van der Waals surface area contributed by atoms with Crippen LogP contribution in [0.25, 0.3) is 0 Å². The molecule has 2 N–H and O–H groups in total. The Bertz CT molecular complexity index is 256. The van der Waals surface area contributed by atoms with Crippen LogP contribution in [-0.4, -0.2) is 23.2 Å². The lowest BCUT2D eigenvalue weighted by Crippen LogP contribution is -2.43. The summed E-state index contributed by atoms with van der Waals surface area (Å²) in [5.74, 6) is 1.06. The van der Waals surface area contributed by atoms with E-state index in [1.54, 1.807) is 0 Å². The Morgan fingerprint density at radius 1 is 1.54 bits per heavy atom. The van der Waals surface area contributed by atoms with Gasteiger partial charge in [-0.15, -0.1) is 11.8 Å².